The van der Waals surface area contributed by atoms with Crippen LogP contribution in [0.15, 0.2) is 12.3 Å². The molecule has 0 aliphatic carbocycles. The summed E-state index contributed by atoms with van der Waals surface area (Å²) in [6.45, 7) is 3.07. The highest BCUT2D eigenvalue weighted by atomic mass is 35.5. The van der Waals surface area contributed by atoms with Crippen molar-refractivity contribution in [3.8, 4) is 0 Å². The van der Waals surface area contributed by atoms with Crippen molar-refractivity contribution < 1.29 is 4.79 Å². The predicted molar refractivity (Wildman–Crippen MR) is 81.3 cm³/mol. The van der Waals surface area contributed by atoms with E-state index in [1.807, 2.05) is 0 Å². The van der Waals surface area contributed by atoms with Crippen LogP contribution in [0.3, 0.4) is 0 Å². The zero-order chi connectivity index (χ0) is 14.7. The van der Waals surface area contributed by atoms with Crippen LogP contribution in [0.4, 0.5) is 5.95 Å². The van der Waals surface area contributed by atoms with E-state index in [4.69, 9.17) is 11.6 Å². The van der Waals surface area contributed by atoms with Crippen molar-refractivity contribution in [2.45, 2.75) is 37.8 Å². The summed E-state index contributed by atoms with van der Waals surface area (Å²) in [5.74, 6) is 0.262. The number of hydrogen-bond acceptors (Lipinski definition) is 5. The van der Waals surface area contributed by atoms with Gasteiger partial charge in [0.1, 0.15) is 5.15 Å². The third kappa shape index (κ3) is 3.51. The second-order valence-electron chi connectivity index (χ2n) is 5.57. The van der Waals surface area contributed by atoms with Crippen LogP contribution >= 0.6 is 11.6 Å². The molecular formula is C14H20ClN5O. The number of carbonyl (C=O) groups excluding carboxylic acids is 1. The fourth-order valence-corrected chi connectivity index (χ4v) is 3.37. The number of likely N-dealkylation sites (tertiary alicyclic amines) is 1. The molecule has 114 valence electrons. The number of carbonyl (C=O) groups is 1. The summed E-state index contributed by atoms with van der Waals surface area (Å²) < 4.78 is 0. The van der Waals surface area contributed by atoms with Gasteiger partial charge in [-0.2, -0.15) is 0 Å². The molecule has 2 fully saturated rings. The van der Waals surface area contributed by atoms with Crippen molar-refractivity contribution in [3.05, 3.63) is 17.4 Å². The number of rotatable bonds is 3. The molecule has 3 rings (SSSR count). The second kappa shape index (κ2) is 6.68. The summed E-state index contributed by atoms with van der Waals surface area (Å²) in [6.07, 6.45) is 5.73. The van der Waals surface area contributed by atoms with Gasteiger partial charge >= 0.3 is 0 Å². The number of halogens is 1. The molecule has 0 spiro atoms. The van der Waals surface area contributed by atoms with Crippen molar-refractivity contribution in [2.75, 3.05) is 25.0 Å². The van der Waals surface area contributed by atoms with Crippen molar-refractivity contribution in [3.63, 3.8) is 0 Å². The maximum Gasteiger partial charge on any atom is 0.244 e. The van der Waals surface area contributed by atoms with Gasteiger partial charge in [-0.1, -0.05) is 11.6 Å². The molecule has 3 heterocycles. The van der Waals surface area contributed by atoms with Crippen LogP contribution in [0.1, 0.15) is 25.7 Å². The van der Waals surface area contributed by atoms with Crippen molar-refractivity contribution in [2.24, 2.45) is 0 Å². The monoisotopic (exact) mass is 309 g/mol. The normalized spacial score (nSPS) is 24.1. The number of nitrogens with zero attached hydrogens (tertiary/aromatic N) is 3. The summed E-state index contributed by atoms with van der Waals surface area (Å²) in [5.41, 5.74) is 0. The minimum Gasteiger partial charge on any atom is -0.317 e. The minimum absolute atomic E-state index is 0.0201. The van der Waals surface area contributed by atoms with E-state index in [0.717, 1.165) is 45.3 Å². The number of piperidine rings is 1. The Morgan fingerprint density at radius 2 is 2.19 bits per heavy atom. The van der Waals surface area contributed by atoms with Crippen molar-refractivity contribution >= 4 is 23.5 Å². The third-order valence-corrected chi connectivity index (χ3v) is 4.44. The molecule has 0 aromatic carbocycles. The first-order valence-corrected chi connectivity index (χ1v) is 7.88. The van der Waals surface area contributed by atoms with Gasteiger partial charge in [-0.25, -0.2) is 9.97 Å². The zero-order valence-electron chi connectivity index (χ0n) is 11.9. The number of amides is 1. The van der Waals surface area contributed by atoms with Gasteiger partial charge in [0, 0.05) is 12.2 Å². The quantitative estimate of drug-likeness (QED) is 0.823. The Labute approximate surface area is 129 Å². The largest absolute Gasteiger partial charge is 0.317 e. The van der Waals surface area contributed by atoms with E-state index in [2.05, 4.69) is 25.5 Å². The number of anilines is 1. The lowest BCUT2D eigenvalue weighted by molar-refractivity contribution is -0.121. The average molecular weight is 310 g/mol. The van der Waals surface area contributed by atoms with Crippen LogP contribution in [0, 0.1) is 0 Å². The zero-order valence-corrected chi connectivity index (χ0v) is 12.6. The van der Waals surface area contributed by atoms with Crippen LogP contribution in [0.2, 0.25) is 5.15 Å². The van der Waals surface area contributed by atoms with E-state index < -0.39 is 0 Å². The van der Waals surface area contributed by atoms with E-state index in [1.54, 1.807) is 12.3 Å². The van der Waals surface area contributed by atoms with E-state index in [0.29, 0.717) is 11.2 Å². The van der Waals surface area contributed by atoms with Crippen LogP contribution in [-0.2, 0) is 4.79 Å². The molecule has 2 aliphatic rings. The first kappa shape index (κ1) is 14.7. The summed E-state index contributed by atoms with van der Waals surface area (Å²) in [7, 11) is 0. The topological polar surface area (TPSA) is 70.2 Å². The highest BCUT2D eigenvalue weighted by Gasteiger charge is 2.35. The molecular weight excluding hydrogens is 290 g/mol. The van der Waals surface area contributed by atoms with Gasteiger partial charge in [0.05, 0.1) is 6.04 Å². The van der Waals surface area contributed by atoms with E-state index in [1.165, 1.54) is 0 Å². The molecule has 7 heteroatoms. The Morgan fingerprint density at radius 1 is 1.38 bits per heavy atom. The Kier molecular flexibility index (Phi) is 4.67. The minimum atomic E-state index is -0.0734. The lowest BCUT2D eigenvalue weighted by Gasteiger charge is -2.35. The third-order valence-electron chi connectivity index (χ3n) is 4.23. The van der Waals surface area contributed by atoms with Gasteiger partial charge in [-0.3, -0.25) is 15.0 Å². The van der Waals surface area contributed by atoms with Crippen LogP contribution in [0.5, 0.6) is 0 Å². The van der Waals surface area contributed by atoms with Crippen LogP contribution in [0.25, 0.3) is 0 Å². The number of nitrogens with one attached hydrogen (secondary N) is 2. The Morgan fingerprint density at radius 3 is 2.95 bits per heavy atom. The molecule has 2 aliphatic heterocycles. The SMILES string of the molecule is O=C(Nc1nccc(Cl)n1)C1CCCN1C1CCNCC1. The molecule has 0 bridgehead atoms. The molecule has 0 radical (unpaired) electrons. The Bertz CT molecular complexity index is 506. The van der Waals surface area contributed by atoms with Gasteiger partial charge in [-0.05, 0) is 51.4 Å². The van der Waals surface area contributed by atoms with Crippen LogP contribution in [-0.4, -0.2) is 52.5 Å². The molecule has 1 aromatic rings. The molecule has 21 heavy (non-hydrogen) atoms. The van der Waals surface area contributed by atoms with Gasteiger partial charge in [0.25, 0.3) is 0 Å². The summed E-state index contributed by atoms with van der Waals surface area (Å²) >= 11 is 5.82. The molecule has 1 unspecified atom stereocenters. The Hall–Kier alpha value is -1.24. The summed E-state index contributed by atoms with van der Waals surface area (Å²) in [5, 5.41) is 6.49. The molecule has 2 saturated heterocycles. The molecule has 0 saturated carbocycles. The summed E-state index contributed by atoms with van der Waals surface area (Å²) in [6, 6.07) is 2.02. The maximum atomic E-state index is 12.5. The first-order chi connectivity index (χ1) is 10.2. The summed E-state index contributed by atoms with van der Waals surface area (Å²) in [4.78, 5) is 22.9. The highest BCUT2D eigenvalue weighted by molar-refractivity contribution is 6.29. The van der Waals surface area contributed by atoms with Crippen molar-refractivity contribution in [1.82, 2.24) is 20.2 Å². The number of aromatic nitrogens is 2. The maximum absolute atomic E-state index is 12.5. The van der Waals surface area contributed by atoms with Gasteiger partial charge in [-0.15, -0.1) is 0 Å². The molecule has 1 amide bonds. The van der Waals surface area contributed by atoms with E-state index in [-0.39, 0.29) is 17.9 Å². The van der Waals surface area contributed by atoms with Gasteiger partial charge < -0.3 is 5.32 Å². The van der Waals surface area contributed by atoms with Gasteiger partial charge in [0.2, 0.25) is 11.9 Å². The fourth-order valence-electron chi connectivity index (χ4n) is 3.24. The van der Waals surface area contributed by atoms with E-state index in [9.17, 15) is 4.79 Å². The average Bonchev–Trinajstić information content (AvgIpc) is 2.98. The van der Waals surface area contributed by atoms with E-state index >= 15 is 0 Å². The Balaban J connectivity index is 1.65. The first-order valence-electron chi connectivity index (χ1n) is 7.50. The lowest BCUT2D eigenvalue weighted by atomic mass is 10.0. The number of hydrogen-bond donors (Lipinski definition) is 2. The molecule has 1 aromatic heterocycles. The second-order valence-corrected chi connectivity index (χ2v) is 5.96. The standard InChI is InChI=1S/C14H20ClN5O/c15-12-5-8-17-14(18-12)19-13(21)11-2-1-9-20(11)10-3-6-16-7-4-10/h5,8,10-11,16H,1-4,6-7,9H2,(H,17,18,19,21). The van der Waals surface area contributed by atoms with Gasteiger partial charge in [0.15, 0.2) is 0 Å². The smallest absolute Gasteiger partial charge is 0.244 e. The lowest BCUT2D eigenvalue weighted by Crippen LogP contribution is -2.49. The molecule has 1 atom stereocenters. The van der Waals surface area contributed by atoms with Crippen LogP contribution < -0.4 is 10.6 Å². The predicted octanol–water partition coefficient (Wildman–Crippen LogP) is 1.28. The molecule has 2 N–H and O–H groups in total. The van der Waals surface area contributed by atoms with Crippen molar-refractivity contribution in [1.29, 1.82) is 0 Å². The fraction of sp³-hybridized carbons (Fsp3) is 0.643. The molecule has 6 nitrogen and oxygen atoms in total. The highest BCUT2D eigenvalue weighted by Crippen LogP contribution is 2.25.